The minimum Gasteiger partial charge on any atom is -0.487 e. The standard InChI is InChI=1S/C22H30N4OS.HI/c1-3-23-21(26-17-22(2)12-6-14-28-22)25-15-18-8-10-20(11-9-18)27-16-19-7-4-5-13-24-19;/h4-5,7-11,13H,3,6,12,14-17H2,1-2H3,(H2,23,25,26);1H. The van der Waals surface area contributed by atoms with E-state index in [1.807, 2.05) is 30.3 Å². The van der Waals surface area contributed by atoms with Crippen molar-refractivity contribution in [1.82, 2.24) is 15.6 Å². The first-order valence-corrected chi connectivity index (χ1v) is 10.9. The Morgan fingerprint density at radius 1 is 1.21 bits per heavy atom. The Labute approximate surface area is 195 Å². The van der Waals surface area contributed by atoms with Crippen molar-refractivity contribution in [2.75, 3.05) is 18.8 Å². The maximum Gasteiger partial charge on any atom is 0.191 e. The predicted molar refractivity (Wildman–Crippen MR) is 133 cm³/mol. The van der Waals surface area contributed by atoms with E-state index in [4.69, 9.17) is 9.73 Å². The number of nitrogens with zero attached hydrogens (tertiary/aromatic N) is 2. The maximum absolute atomic E-state index is 5.79. The van der Waals surface area contributed by atoms with Crippen LogP contribution in [0.5, 0.6) is 5.75 Å². The van der Waals surface area contributed by atoms with Crippen LogP contribution in [0.3, 0.4) is 0 Å². The summed E-state index contributed by atoms with van der Waals surface area (Å²) >= 11 is 2.06. The van der Waals surface area contributed by atoms with Crippen molar-refractivity contribution < 1.29 is 4.74 Å². The first-order chi connectivity index (χ1) is 13.7. The molecule has 2 aromatic rings. The number of guanidine groups is 1. The molecule has 0 amide bonds. The highest BCUT2D eigenvalue weighted by molar-refractivity contribution is 14.0. The van der Waals surface area contributed by atoms with Gasteiger partial charge >= 0.3 is 0 Å². The lowest BCUT2D eigenvalue weighted by atomic mass is 10.1. The Morgan fingerprint density at radius 2 is 2.03 bits per heavy atom. The number of halogens is 1. The number of thioether (sulfide) groups is 1. The number of hydrogen-bond donors (Lipinski definition) is 2. The van der Waals surface area contributed by atoms with E-state index in [1.54, 1.807) is 6.20 Å². The molecule has 1 aliphatic heterocycles. The summed E-state index contributed by atoms with van der Waals surface area (Å²) < 4.78 is 6.11. The van der Waals surface area contributed by atoms with E-state index in [2.05, 4.69) is 53.4 Å². The molecule has 1 atom stereocenters. The molecule has 7 heteroatoms. The number of nitrogens with one attached hydrogen (secondary N) is 2. The van der Waals surface area contributed by atoms with Crippen molar-refractivity contribution in [2.45, 2.75) is 44.6 Å². The lowest BCUT2D eigenvalue weighted by Gasteiger charge is -2.24. The molecule has 1 aromatic heterocycles. The lowest BCUT2D eigenvalue weighted by molar-refractivity contribution is 0.301. The van der Waals surface area contributed by atoms with Crippen molar-refractivity contribution in [3.63, 3.8) is 0 Å². The molecule has 1 unspecified atom stereocenters. The first kappa shape index (κ1) is 23.8. The number of ether oxygens (including phenoxy) is 1. The van der Waals surface area contributed by atoms with Gasteiger partial charge in [-0.1, -0.05) is 18.2 Å². The van der Waals surface area contributed by atoms with Crippen LogP contribution in [-0.2, 0) is 13.2 Å². The Bertz CT molecular complexity index is 749. The third-order valence-corrected chi connectivity index (χ3v) is 6.27. The van der Waals surface area contributed by atoms with Crippen LogP contribution in [0.25, 0.3) is 0 Å². The molecule has 1 aromatic carbocycles. The van der Waals surface area contributed by atoms with Gasteiger partial charge in [0.1, 0.15) is 12.4 Å². The lowest BCUT2D eigenvalue weighted by Crippen LogP contribution is -2.43. The quantitative estimate of drug-likeness (QED) is 0.299. The van der Waals surface area contributed by atoms with Gasteiger partial charge in [-0.25, -0.2) is 4.99 Å². The number of pyridine rings is 1. The highest BCUT2D eigenvalue weighted by Crippen LogP contribution is 2.36. The molecule has 2 heterocycles. The smallest absolute Gasteiger partial charge is 0.191 e. The largest absolute Gasteiger partial charge is 0.487 e. The molecule has 158 valence electrons. The monoisotopic (exact) mass is 526 g/mol. The van der Waals surface area contributed by atoms with Gasteiger partial charge in [-0.15, -0.1) is 24.0 Å². The van der Waals surface area contributed by atoms with Crippen molar-refractivity contribution >= 4 is 41.7 Å². The van der Waals surface area contributed by atoms with Crippen molar-refractivity contribution in [1.29, 1.82) is 0 Å². The summed E-state index contributed by atoms with van der Waals surface area (Å²) in [6.07, 6.45) is 4.36. The normalized spacial score (nSPS) is 18.8. The van der Waals surface area contributed by atoms with Gasteiger partial charge < -0.3 is 15.4 Å². The van der Waals surface area contributed by atoms with E-state index < -0.39 is 0 Å². The van der Waals surface area contributed by atoms with Crippen LogP contribution >= 0.6 is 35.7 Å². The van der Waals surface area contributed by atoms with E-state index in [1.165, 1.54) is 18.6 Å². The van der Waals surface area contributed by atoms with Crippen LogP contribution in [0.4, 0.5) is 0 Å². The van der Waals surface area contributed by atoms with E-state index in [0.29, 0.717) is 17.9 Å². The highest BCUT2D eigenvalue weighted by Gasteiger charge is 2.29. The molecule has 29 heavy (non-hydrogen) atoms. The van der Waals surface area contributed by atoms with Gasteiger partial charge in [0.2, 0.25) is 0 Å². The number of hydrogen-bond acceptors (Lipinski definition) is 4. The Kier molecular flexibility index (Phi) is 10.1. The summed E-state index contributed by atoms with van der Waals surface area (Å²) in [6.45, 7) is 7.35. The summed E-state index contributed by atoms with van der Waals surface area (Å²) in [7, 11) is 0. The maximum atomic E-state index is 5.79. The molecule has 0 aliphatic carbocycles. The van der Waals surface area contributed by atoms with Gasteiger partial charge in [0.05, 0.1) is 12.2 Å². The van der Waals surface area contributed by atoms with Gasteiger partial charge in [-0.2, -0.15) is 11.8 Å². The summed E-state index contributed by atoms with van der Waals surface area (Å²) in [5.41, 5.74) is 2.08. The van der Waals surface area contributed by atoms with Gasteiger partial charge in [-0.05, 0) is 62.3 Å². The zero-order valence-electron chi connectivity index (χ0n) is 17.2. The van der Waals surface area contributed by atoms with E-state index in [9.17, 15) is 0 Å². The Hall–Kier alpha value is -1.48. The summed E-state index contributed by atoms with van der Waals surface area (Å²) in [5, 5.41) is 6.85. The third kappa shape index (κ3) is 8.04. The van der Waals surface area contributed by atoms with Crippen LogP contribution < -0.4 is 15.4 Å². The number of aromatic nitrogens is 1. The third-order valence-electron chi connectivity index (χ3n) is 4.73. The molecule has 0 saturated carbocycles. The summed E-state index contributed by atoms with van der Waals surface area (Å²) in [5.74, 6) is 2.99. The van der Waals surface area contributed by atoms with Crippen LogP contribution in [0, 0.1) is 0 Å². The molecular formula is C22H31IN4OS. The zero-order chi connectivity index (χ0) is 19.7. The van der Waals surface area contributed by atoms with Gasteiger partial charge in [0.25, 0.3) is 0 Å². The van der Waals surface area contributed by atoms with Crippen LogP contribution in [0.15, 0.2) is 53.7 Å². The van der Waals surface area contributed by atoms with E-state index >= 15 is 0 Å². The molecule has 0 radical (unpaired) electrons. The molecule has 0 spiro atoms. The van der Waals surface area contributed by atoms with Gasteiger partial charge in [0.15, 0.2) is 5.96 Å². The predicted octanol–water partition coefficient (Wildman–Crippen LogP) is 4.62. The molecule has 5 nitrogen and oxygen atoms in total. The van der Waals surface area contributed by atoms with Crippen LogP contribution in [-0.4, -0.2) is 34.5 Å². The van der Waals surface area contributed by atoms with E-state index in [0.717, 1.165) is 36.1 Å². The molecule has 0 bridgehead atoms. The fourth-order valence-corrected chi connectivity index (χ4v) is 4.34. The number of aliphatic imine (C=N–C) groups is 1. The van der Waals surface area contributed by atoms with Crippen LogP contribution in [0.2, 0.25) is 0 Å². The molecule has 1 fully saturated rings. The molecule has 3 rings (SSSR count). The fraction of sp³-hybridized carbons (Fsp3) is 0.455. The summed E-state index contributed by atoms with van der Waals surface area (Å²) in [6, 6.07) is 13.9. The average molecular weight is 526 g/mol. The molecular weight excluding hydrogens is 495 g/mol. The van der Waals surface area contributed by atoms with Gasteiger partial charge in [-0.3, -0.25) is 4.98 Å². The molecule has 2 N–H and O–H groups in total. The van der Waals surface area contributed by atoms with Crippen molar-refractivity contribution in [3.8, 4) is 5.75 Å². The molecule has 1 saturated heterocycles. The fourth-order valence-electron chi connectivity index (χ4n) is 3.09. The second-order valence-corrected chi connectivity index (χ2v) is 8.89. The Morgan fingerprint density at radius 3 is 2.69 bits per heavy atom. The molecule has 1 aliphatic rings. The SMILES string of the molecule is CCNC(=NCc1ccc(OCc2ccccn2)cc1)NCC1(C)CCCS1.I. The second kappa shape index (κ2) is 12.3. The van der Waals surface area contributed by atoms with E-state index in [-0.39, 0.29) is 24.0 Å². The minimum absolute atomic E-state index is 0. The number of rotatable bonds is 8. The average Bonchev–Trinajstić information content (AvgIpc) is 3.17. The Balaban J connectivity index is 0.00000300. The van der Waals surface area contributed by atoms with Crippen molar-refractivity contribution in [3.05, 3.63) is 59.9 Å². The van der Waals surface area contributed by atoms with Crippen molar-refractivity contribution in [2.24, 2.45) is 4.99 Å². The summed E-state index contributed by atoms with van der Waals surface area (Å²) in [4.78, 5) is 9.00. The zero-order valence-corrected chi connectivity index (χ0v) is 20.3. The topological polar surface area (TPSA) is 58.5 Å². The minimum atomic E-state index is 0. The van der Waals surface area contributed by atoms with Crippen LogP contribution in [0.1, 0.15) is 37.9 Å². The number of benzene rings is 1. The van der Waals surface area contributed by atoms with Gasteiger partial charge in [0, 0.05) is 24.0 Å². The highest BCUT2D eigenvalue weighted by atomic mass is 127. The second-order valence-electron chi connectivity index (χ2n) is 7.20. The first-order valence-electron chi connectivity index (χ1n) is 9.95.